The van der Waals surface area contributed by atoms with E-state index in [9.17, 15) is 4.79 Å². The molecular formula is C30H27N3O. The molecular weight excluding hydrogens is 418 g/mol. The average Bonchev–Trinajstić information content (AvgIpc) is 3.41. The van der Waals surface area contributed by atoms with Crippen molar-refractivity contribution in [2.45, 2.75) is 32.7 Å². The number of anilines is 1. The van der Waals surface area contributed by atoms with E-state index in [1.165, 1.54) is 16.7 Å². The van der Waals surface area contributed by atoms with Crippen molar-refractivity contribution in [3.05, 3.63) is 107 Å². The largest absolute Gasteiger partial charge is 0.323 e. The van der Waals surface area contributed by atoms with Gasteiger partial charge in [-0.1, -0.05) is 72.3 Å². The van der Waals surface area contributed by atoms with E-state index in [2.05, 4.69) is 79.1 Å². The predicted molar refractivity (Wildman–Crippen MR) is 138 cm³/mol. The zero-order valence-corrected chi connectivity index (χ0v) is 19.5. The first kappa shape index (κ1) is 20.7. The molecule has 1 aromatic heterocycles. The highest BCUT2D eigenvalue weighted by atomic mass is 16.2. The van der Waals surface area contributed by atoms with Crippen LogP contribution in [0.5, 0.6) is 0 Å². The Morgan fingerprint density at radius 1 is 0.912 bits per heavy atom. The molecule has 1 amide bonds. The second kappa shape index (κ2) is 8.14. The molecule has 1 fully saturated rings. The van der Waals surface area contributed by atoms with Gasteiger partial charge in [-0.25, -0.2) is 4.98 Å². The lowest BCUT2D eigenvalue weighted by Gasteiger charge is -2.19. The van der Waals surface area contributed by atoms with Crippen molar-refractivity contribution in [1.29, 1.82) is 0 Å². The number of carbonyl (C=O) groups is 1. The molecule has 4 heteroatoms. The summed E-state index contributed by atoms with van der Waals surface area (Å²) in [6.07, 6.45) is 0.472. The average molecular weight is 446 g/mol. The first-order valence-electron chi connectivity index (χ1n) is 11.9. The molecule has 4 nitrogen and oxygen atoms in total. The lowest BCUT2D eigenvalue weighted by atomic mass is 10.0. The van der Waals surface area contributed by atoms with Crippen LogP contribution in [-0.4, -0.2) is 22.0 Å². The Kier molecular flexibility index (Phi) is 4.95. The van der Waals surface area contributed by atoms with Crippen LogP contribution < -0.4 is 4.90 Å². The highest BCUT2D eigenvalue weighted by molar-refractivity contribution is 6.05. The van der Waals surface area contributed by atoms with E-state index in [1.807, 2.05) is 29.2 Å². The summed E-state index contributed by atoms with van der Waals surface area (Å²) in [5, 5.41) is 2.27. The second-order valence-corrected chi connectivity index (χ2v) is 9.38. The number of aromatic nitrogens is 2. The Labute approximate surface area is 199 Å². The molecule has 0 spiro atoms. The van der Waals surface area contributed by atoms with E-state index < -0.39 is 0 Å². The summed E-state index contributed by atoms with van der Waals surface area (Å²) in [6, 6.07) is 29.4. The number of hydrogen-bond donors (Lipinski definition) is 0. The molecule has 1 aliphatic rings. The third-order valence-electron chi connectivity index (χ3n) is 7.06. The van der Waals surface area contributed by atoms with E-state index in [0.29, 0.717) is 13.0 Å². The van der Waals surface area contributed by atoms with Gasteiger partial charge in [0, 0.05) is 30.8 Å². The number of benzene rings is 4. The number of aryl methyl sites for hydroxylation is 2. The van der Waals surface area contributed by atoms with Crippen molar-refractivity contribution in [1.82, 2.24) is 9.55 Å². The van der Waals surface area contributed by atoms with Crippen molar-refractivity contribution < 1.29 is 4.79 Å². The maximum absolute atomic E-state index is 13.3. The van der Waals surface area contributed by atoms with E-state index in [-0.39, 0.29) is 11.8 Å². The van der Waals surface area contributed by atoms with Gasteiger partial charge >= 0.3 is 0 Å². The van der Waals surface area contributed by atoms with Crippen LogP contribution in [0.1, 0.15) is 34.9 Å². The van der Waals surface area contributed by atoms with Crippen molar-refractivity contribution in [2.24, 2.45) is 0 Å². The number of fused-ring (bicyclic) bond motifs is 2. The predicted octanol–water partition coefficient (Wildman–Crippen LogP) is 6.38. The number of rotatable bonds is 4. The van der Waals surface area contributed by atoms with Crippen molar-refractivity contribution in [3.63, 3.8) is 0 Å². The number of carbonyl (C=O) groups excluding carboxylic acids is 1. The second-order valence-electron chi connectivity index (χ2n) is 9.38. The van der Waals surface area contributed by atoms with E-state index in [0.717, 1.165) is 39.9 Å². The van der Waals surface area contributed by atoms with E-state index in [1.54, 1.807) is 0 Å². The number of amides is 1. The molecule has 4 aromatic carbocycles. The molecule has 34 heavy (non-hydrogen) atoms. The summed E-state index contributed by atoms with van der Waals surface area (Å²) in [5.74, 6) is 1.20. The van der Waals surface area contributed by atoms with Gasteiger partial charge in [0.15, 0.2) is 0 Å². The maximum atomic E-state index is 13.3. The first-order valence-corrected chi connectivity index (χ1v) is 11.9. The van der Waals surface area contributed by atoms with Gasteiger partial charge in [-0.15, -0.1) is 0 Å². The molecule has 0 aliphatic carbocycles. The Morgan fingerprint density at radius 3 is 2.62 bits per heavy atom. The molecule has 1 saturated heterocycles. The van der Waals surface area contributed by atoms with Crippen molar-refractivity contribution >= 4 is 33.4 Å². The Morgan fingerprint density at radius 2 is 1.71 bits per heavy atom. The molecule has 2 heterocycles. The highest BCUT2D eigenvalue weighted by Crippen LogP contribution is 2.36. The van der Waals surface area contributed by atoms with Gasteiger partial charge in [0.2, 0.25) is 5.91 Å². The summed E-state index contributed by atoms with van der Waals surface area (Å²) in [5.41, 5.74) is 6.91. The minimum atomic E-state index is 0.0454. The Hall–Kier alpha value is -3.92. The fraction of sp³-hybridized carbons (Fsp3) is 0.200. The van der Waals surface area contributed by atoms with Gasteiger partial charge in [-0.05, 0) is 48.6 Å². The standard InChI is InChI=1S/C30H27N3O/c1-20-14-15-21(2)23(16-20)18-33-28-12-6-5-11-26(28)31-30(33)24-17-29(34)32(19-24)27-13-7-9-22-8-3-4-10-25(22)27/h3-16,24H,17-19H2,1-2H3. The van der Waals surface area contributed by atoms with Crippen LogP contribution in [0.3, 0.4) is 0 Å². The van der Waals surface area contributed by atoms with Gasteiger partial charge in [-0.3, -0.25) is 4.79 Å². The number of nitrogens with zero attached hydrogens (tertiary/aromatic N) is 3. The molecule has 0 N–H and O–H groups in total. The number of hydrogen-bond acceptors (Lipinski definition) is 2. The zero-order chi connectivity index (χ0) is 23.2. The third-order valence-corrected chi connectivity index (χ3v) is 7.06. The molecule has 1 unspecified atom stereocenters. The highest BCUT2D eigenvalue weighted by Gasteiger charge is 2.35. The summed E-state index contributed by atoms with van der Waals surface area (Å²) < 4.78 is 2.32. The van der Waals surface area contributed by atoms with Crippen LogP contribution >= 0.6 is 0 Å². The SMILES string of the molecule is Cc1ccc(C)c(Cn2c(C3CC(=O)N(c4cccc5ccccc45)C3)nc3ccccc32)c1. The monoisotopic (exact) mass is 445 g/mol. The number of para-hydroxylation sites is 2. The third kappa shape index (κ3) is 3.47. The van der Waals surface area contributed by atoms with Crippen LogP contribution in [0, 0.1) is 13.8 Å². The summed E-state index contributed by atoms with van der Waals surface area (Å²) in [6.45, 7) is 5.69. The van der Waals surface area contributed by atoms with Gasteiger partial charge in [0.25, 0.3) is 0 Å². The lowest BCUT2D eigenvalue weighted by molar-refractivity contribution is -0.117. The van der Waals surface area contributed by atoms with Crippen LogP contribution in [0.25, 0.3) is 21.8 Å². The van der Waals surface area contributed by atoms with Gasteiger partial charge in [0.1, 0.15) is 5.82 Å². The van der Waals surface area contributed by atoms with Crippen LogP contribution in [-0.2, 0) is 11.3 Å². The summed E-state index contributed by atoms with van der Waals surface area (Å²) in [4.78, 5) is 20.3. The minimum Gasteiger partial charge on any atom is -0.323 e. The fourth-order valence-corrected chi connectivity index (χ4v) is 5.27. The Bertz CT molecular complexity index is 1540. The quantitative estimate of drug-likeness (QED) is 0.322. The molecule has 0 saturated carbocycles. The molecule has 1 aliphatic heterocycles. The molecule has 5 aromatic rings. The molecule has 168 valence electrons. The van der Waals surface area contributed by atoms with Crippen LogP contribution in [0.4, 0.5) is 5.69 Å². The van der Waals surface area contributed by atoms with Gasteiger partial charge in [-0.2, -0.15) is 0 Å². The molecule has 0 bridgehead atoms. The van der Waals surface area contributed by atoms with E-state index >= 15 is 0 Å². The minimum absolute atomic E-state index is 0.0454. The first-order chi connectivity index (χ1) is 16.6. The number of imidazole rings is 1. The smallest absolute Gasteiger partial charge is 0.227 e. The van der Waals surface area contributed by atoms with Gasteiger partial charge < -0.3 is 9.47 Å². The fourth-order valence-electron chi connectivity index (χ4n) is 5.27. The molecule has 1 atom stereocenters. The molecule has 0 radical (unpaired) electrons. The van der Waals surface area contributed by atoms with Crippen LogP contribution in [0.15, 0.2) is 84.9 Å². The molecule has 6 rings (SSSR count). The van der Waals surface area contributed by atoms with Crippen molar-refractivity contribution in [2.75, 3.05) is 11.4 Å². The maximum Gasteiger partial charge on any atom is 0.227 e. The van der Waals surface area contributed by atoms with E-state index in [4.69, 9.17) is 4.98 Å². The lowest BCUT2D eigenvalue weighted by Crippen LogP contribution is -2.24. The summed E-state index contributed by atoms with van der Waals surface area (Å²) in [7, 11) is 0. The van der Waals surface area contributed by atoms with Crippen LogP contribution in [0.2, 0.25) is 0 Å². The van der Waals surface area contributed by atoms with Crippen molar-refractivity contribution in [3.8, 4) is 0 Å². The summed E-state index contributed by atoms with van der Waals surface area (Å²) >= 11 is 0. The zero-order valence-electron chi connectivity index (χ0n) is 19.5. The normalized spacial score (nSPS) is 16.1. The topological polar surface area (TPSA) is 38.1 Å². The Balaban J connectivity index is 1.42. The van der Waals surface area contributed by atoms with Gasteiger partial charge in [0.05, 0.1) is 16.7 Å².